The van der Waals surface area contributed by atoms with Crippen LogP contribution in [-0.2, 0) is 4.74 Å². The van der Waals surface area contributed by atoms with Crippen LogP contribution in [0.15, 0.2) is 47.5 Å². The summed E-state index contributed by atoms with van der Waals surface area (Å²) in [5.74, 6) is 0.609. The van der Waals surface area contributed by atoms with E-state index in [9.17, 15) is 4.79 Å². The van der Waals surface area contributed by atoms with Crippen molar-refractivity contribution in [2.45, 2.75) is 6.92 Å². The minimum Gasteiger partial charge on any atom is -0.481 e. The highest BCUT2D eigenvalue weighted by Gasteiger charge is 2.19. The number of hydrogen-bond acceptors (Lipinski definition) is 4. The van der Waals surface area contributed by atoms with Gasteiger partial charge in [0.25, 0.3) is 0 Å². The van der Waals surface area contributed by atoms with Crippen LogP contribution in [0.4, 0.5) is 10.5 Å². The van der Waals surface area contributed by atoms with Crippen molar-refractivity contribution in [3.05, 3.63) is 53.6 Å². The molecule has 28 heavy (non-hydrogen) atoms. The lowest BCUT2D eigenvalue weighted by Crippen LogP contribution is -2.48. The molecule has 6 nitrogen and oxygen atoms in total. The van der Waals surface area contributed by atoms with Crippen molar-refractivity contribution in [1.29, 1.82) is 0 Å². The lowest BCUT2D eigenvalue weighted by molar-refractivity contribution is 0.164. The molecular formula is C22H28N4O2. The maximum atomic E-state index is 12.4. The minimum absolute atomic E-state index is 0.0390. The molecule has 0 unspecified atom stereocenters. The van der Waals surface area contributed by atoms with E-state index in [0.717, 1.165) is 48.6 Å². The lowest BCUT2D eigenvalue weighted by Gasteiger charge is -2.32. The number of urea groups is 1. The summed E-state index contributed by atoms with van der Waals surface area (Å²) < 4.78 is 5.34. The van der Waals surface area contributed by atoms with Gasteiger partial charge in [-0.15, -0.1) is 0 Å². The Bertz CT molecular complexity index is 853. The molecule has 1 saturated heterocycles. The molecule has 2 aromatic rings. The van der Waals surface area contributed by atoms with Crippen LogP contribution in [0, 0.1) is 6.92 Å². The zero-order valence-corrected chi connectivity index (χ0v) is 17.0. The number of ether oxygens (including phenoxy) is 1. The molecule has 3 rings (SSSR count). The molecule has 148 valence electrons. The fourth-order valence-electron chi connectivity index (χ4n) is 3.35. The molecule has 2 amide bonds. The van der Waals surface area contributed by atoms with Gasteiger partial charge in [-0.1, -0.05) is 18.2 Å². The van der Waals surface area contributed by atoms with E-state index < -0.39 is 0 Å². The zero-order valence-electron chi connectivity index (χ0n) is 17.0. The number of anilines is 1. The van der Waals surface area contributed by atoms with E-state index in [4.69, 9.17) is 4.74 Å². The van der Waals surface area contributed by atoms with Gasteiger partial charge in [0.1, 0.15) is 0 Å². The number of piperazine rings is 1. The molecule has 0 aromatic heterocycles. The highest BCUT2D eigenvalue weighted by Crippen LogP contribution is 2.26. The van der Waals surface area contributed by atoms with E-state index in [0.29, 0.717) is 5.90 Å². The molecule has 1 fully saturated rings. The number of likely N-dealkylation sites (N-methyl/N-ethyl adjacent to an activating group) is 1. The molecule has 0 spiro atoms. The van der Waals surface area contributed by atoms with Crippen molar-refractivity contribution in [2.24, 2.45) is 4.99 Å². The molecule has 1 aliphatic rings. The number of aliphatic imine (C=N–C) groups is 1. The van der Waals surface area contributed by atoms with Crippen molar-refractivity contribution in [3.63, 3.8) is 0 Å². The number of carbonyl (C=O) groups excluding carboxylic acids is 1. The first kappa shape index (κ1) is 19.9. The van der Waals surface area contributed by atoms with Gasteiger partial charge >= 0.3 is 6.03 Å². The smallest absolute Gasteiger partial charge is 0.321 e. The van der Waals surface area contributed by atoms with Gasteiger partial charge in [0.2, 0.25) is 5.90 Å². The van der Waals surface area contributed by atoms with Crippen molar-refractivity contribution in [1.82, 2.24) is 9.80 Å². The van der Waals surface area contributed by atoms with Gasteiger partial charge in [-0.05, 0) is 54.9 Å². The van der Waals surface area contributed by atoms with Crippen molar-refractivity contribution < 1.29 is 9.53 Å². The van der Waals surface area contributed by atoms with Gasteiger partial charge in [0.05, 0.1) is 7.11 Å². The second-order valence-corrected chi connectivity index (χ2v) is 7.06. The number of hydrogen-bond donors (Lipinski definition) is 1. The molecule has 1 heterocycles. The Labute approximate surface area is 166 Å². The van der Waals surface area contributed by atoms with Crippen LogP contribution in [0.25, 0.3) is 11.1 Å². The van der Waals surface area contributed by atoms with E-state index >= 15 is 0 Å². The summed E-state index contributed by atoms with van der Waals surface area (Å²) >= 11 is 0. The topological polar surface area (TPSA) is 57.2 Å². The molecule has 6 heteroatoms. The average Bonchev–Trinajstić information content (AvgIpc) is 2.71. The third-order valence-electron chi connectivity index (χ3n) is 5.12. The van der Waals surface area contributed by atoms with Crippen LogP contribution >= 0.6 is 0 Å². The largest absolute Gasteiger partial charge is 0.481 e. The van der Waals surface area contributed by atoms with E-state index in [1.807, 2.05) is 35.2 Å². The van der Waals surface area contributed by atoms with Crippen molar-refractivity contribution in [2.75, 3.05) is 52.7 Å². The third kappa shape index (κ3) is 4.51. The predicted octanol–water partition coefficient (Wildman–Crippen LogP) is 3.46. The van der Waals surface area contributed by atoms with Gasteiger partial charge in [-0.3, -0.25) is 4.99 Å². The van der Waals surface area contributed by atoms with E-state index in [1.165, 1.54) is 5.56 Å². The van der Waals surface area contributed by atoms with E-state index in [2.05, 4.69) is 41.3 Å². The molecule has 2 aromatic carbocycles. The highest BCUT2D eigenvalue weighted by atomic mass is 16.5. The summed E-state index contributed by atoms with van der Waals surface area (Å²) in [5, 5.41) is 3.00. The molecule has 0 bridgehead atoms. The molecule has 0 aliphatic carbocycles. The van der Waals surface area contributed by atoms with Crippen LogP contribution in [0.1, 0.15) is 11.1 Å². The molecule has 0 atom stereocenters. The summed E-state index contributed by atoms with van der Waals surface area (Å²) in [5.41, 5.74) is 5.12. The first-order valence-electron chi connectivity index (χ1n) is 9.48. The van der Waals surface area contributed by atoms with Crippen molar-refractivity contribution in [3.8, 4) is 11.1 Å². The number of methoxy groups -OCH3 is 1. The van der Waals surface area contributed by atoms with Crippen molar-refractivity contribution >= 4 is 17.6 Å². The first-order chi connectivity index (χ1) is 13.5. The van der Waals surface area contributed by atoms with Gasteiger partial charge < -0.3 is 19.9 Å². The summed E-state index contributed by atoms with van der Waals surface area (Å²) in [4.78, 5) is 20.7. The van der Waals surface area contributed by atoms with Crippen LogP contribution in [0.2, 0.25) is 0 Å². The number of nitrogens with zero attached hydrogens (tertiary/aromatic N) is 3. The maximum Gasteiger partial charge on any atom is 0.321 e. The fraction of sp³-hybridized carbons (Fsp3) is 0.364. The van der Waals surface area contributed by atoms with Gasteiger partial charge in [0, 0.05) is 44.5 Å². The summed E-state index contributed by atoms with van der Waals surface area (Å²) in [6.07, 6.45) is 0. The molecule has 1 N–H and O–H groups in total. The molecule has 1 aliphatic heterocycles. The Balaban J connectivity index is 1.74. The standard InChI is InChI=1S/C22H28N4O2/c1-16-5-6-18(21(23-2)28-4)15-20(16)17-7-9-19(10-8-17)24-22(27)26-13-11-25(3)12-14-26/h5-10,15H,11-14H2,1-4H3,(H,24,27). The van der Waals surface area contributed by atoms with Crippen LogP contribution in [-0.4, -0.2) is 69.1 Å². The molecular weight excluding hydrogens is 352 g/mol. The number of nitrogens with one attached hydrogen (secondary N) is 1. The lowest BCUT2D eigenvalue weighted by atomic mass is 9.98. The van der Waals surface area contributed by atoms with Gasteiger partial charge in [0.15, 0.2) is 0 Å². The first-order valence-corrected chi connectivity index (χ1v) is 9.48. The zero-order chi connectivity index (χ0) is 20.1. The second kappa shape index (κ2) is 8.89. The average molecular weight is 380 g/mol. The quantitative estimate of drug-likeness (QED) is 0.655. The predicted molar refractivity (Wildman–Crippen MR) is 114 cm³/mol. The Morgan fingerprint density at radius 2 is 1.75 bits per heavy atom. The Hall–Kier alpha value is -2.86. The Morgan fingerprint density at radius 1 is 1.07 bits per heavy atom. The number of amides is 2. The van der Waals surface area contributed by atoms with Crippen LogP contribution in [0.5, 0.6) is 0 Å². The normalized spacial score (nSPS) is 15.4. The monoisotopic (exact) mass is 380 g/mol. The number of carbonyl (C=O) groups is 1. The summed E-state index contributed by atoms with van der Waals surface area (Å²) in [6, 6.07) is 14.1. The Kier molecular flexibility index (Phi) is 6.31. The number of benzene rings is 2. The SMILES string of the molecule is CN=C(OC)c1ccc(C)c(-c2ccc(NC(=O)N3CCN(C)CC3)cc2)c1. The van der Waals surface area contributed by atoms with Gasteiger partial charge in [-0.25, -0.2) is 4.79 Å². The fourth-order valence-corrected chi connectivity index (χ4v) is 3.35. The second-order valence-electron chi connectivity index (χ2n) is 7.06. The Morgan fingerprint density at radius 3 is 2.36 bits per heavy atom. The van der Waals surface area contributed by atoms with Crippen LogP contribution in [0.3, 0.4) is 0 Å². The van der Waals surface area contributed by atoms with Crippen LogP contribution < -0.4 is 5.32 Å². The minimum atomic E-state index is -0.0390. The highest BCUT2D eigenvalue weighted by molar-refractivity contribution is 5.95. The van der Waals surface area contributed by atoms with Gasteiger partial charge in [-0.2, -0.15) is 0 Å². The number of aryl methyl sites for hydroxylation is 1. The number of rotatable bonds is 3. The third-order valence-corrected chi connectivity index (χ3v) is 5.12. The van der Waals surface area contributed by atoms with E-state index in [1.54, 1.807) is 14.2 Å². The van der Waals surface area contributed by atoms with E-state index in [-0.39, 0.29) is 6.03 Å². The molecule has 0 saturated carbocycles. The molecule has 0 radical (unpaired) electrons. The summed E-state index contributed by atoms with van der Waals surface area (Å²) in [7, 11) is 5.42. The summed E-state index contributed by atoms with van der Waals surface area (Å²) in [6.45, 7) is 5.41. The maximum absolute atomic E-state index is 12.4.